The van der Waals surface area contributed by atoms with E-state index >= 15 is 0 Å². The molecule has 0 aromatic heterocycles. The highest BCUT2D eigenvalue weighted by Crippen LogP contribution is 2.15. The fourth-order valence-corrected chi connectivity index (χ4v) is 1.16. The van der Waals surface area contributed by atoms with Gasteiger partial charge in [-0.1, -0.05) is 0 Å². The molecule has 2 saturated heterocycles. The first-order valence-corrected chi connectivity index (χ1v) is 3.01. The van der Waals surface area contributed by atoms with Gasteiger partial charge in [0.25, 0.3) is 0 Å². The average Bonchev–Trinajstić information content (AvgIpc) is 2.07. The summed E-state index contributed by atoms with van der Waals surface area (Å²) >= 11 is 0. The normalized spacial score (nSPS) is 33.0. The predicted octanol–water partition coefficient (Wildman–Crippen LogP) is -1.09. The minimum absolute atomic E-state index is 0.0556. The van der Waals surface area contributed by atoms with Crippen LogP contribution in [0.15, 0.2) is 0 Å². The van der Waals surface area contributed by atoms with Gasteiger partial charge in [0.15, 0.2) is 0 Å². The molecule has 2 aliphatic heterocycles. The van der Waals surface area contributed by atoms with Crippen molar-refractivity contribution in [2.45, 2.75) is 5.72 Å². The molecule has 0 aromatic rings. The average molecular weight is 114 g/mol. The van der Waals surface area contributed by atoms with Gasteiger partial charge in [-0.25, -0.2) is 0 Å². The molecule has 2 fully saturated rings. The SMILES string of the molecule is C1COC2(CNC2)N1. The smallest absolute Gasteiger partial charge is 0.144 e. The highest BCUT2D eigenvalue weighted by molar-refractivity contribution is 4.94. The Kier molecular flexibility index (Phi) is 0.848. The Bertz CT molecular complexity index is 92.6. The van der Waals surface area contributed by atoms with Crippen LogP contribution in [0, 0.1) is 0 Å². The summed E-state index contributed by atoms with van der Waals surface area (Å²) in [6.07, 6.45) is 0. The van der Waals surface area contributed by atoms with Crippen molar-refractivity contribution in [1.82, 2.24) is 10.6 Å². The lowest BCUT2D eigenvalue weighted by molar-refractivity contribution is -0.0500. The predicted molar refractivity (Wildman–Crippen MR) is 29.6 cm³/mol. The maximum Gasteiger partial charge on any atom is 0.144 e. The molecule has 8 heavy (non-hydrogen) atoms. The van der Waals surface area contributed by atoms with Crippen molar-refractivity contribution < 1.29 is 4.74 Å². The second-order valence-corrected chi connectivity index (χ2v) is 2.37. The van der Waals surface area contributed by atoms with Gasteiger partial charge in [0.05, 0.1) is 6.61 Å². The zero-order chi connectivity index (χ0) is 5.45. The second-order valence-electron chi connectivity index (χ2n) is 2.37. The summed E-state index contributed by atoms with van der Waals surface area (Å²) in [6, 6.07) is 0. The molecular weight excluding hydrogens is 104 g/mol. The van der Waals surface area contributed by atoms with Gasteiger partial charge in [-0.05, 0) is 0 Å². The third-order valence-corrected chi connectivity index (χ3v) is 1.75. The molecule has 2 heterocycles. The minimum atomic E-state index is 0.0556. The van der Waals surface area contributed by atoms with Crippen molar-refractivity contribution in [3.05, 3.63) is 0 Å². The van der Waals surface area contributed by atoms with Crippen LogP contribution in [0.4, 0.5) is 0 Å². The van der Waals surface area contributed by atoms with E-state index in [9.17, 15) is 0 Å². The van der Waals surface area contributed by atoms with Crippen molar-refractivity contribution in [2.75, 3.05) is 26.2 Å². The molecule has 0 saturated carbocycles. The molecular formula is C5H10N2O. The summed E-state index contributed by atoms with van der Waals surface area (Å²) in [5.74, 6) is 0. The van der Waals surface area contributed by atoms with E-state index in [0.29, 0.717) is 0 Å². The fourth-order valence-electron chi connectivity index (χ4n) is 1.16. The molecule has 0 atom stereocenters. The number of hydrogen-bond donors (Lipinski definition) is 2. The van der Waals surface area contributed by atoms with E-state index in [1.54, 1.807) is 0 Å². The third-order valence-electron chi connectivity index (χ3n) is 1.75. The van der Waals surface area contributed by atoms with Crippen LogP contribution < -0.4 is 10.6 Å². The topological polar surface area (TPSA) is 33.3 Å². The van der Waals surface area contributed by atoms with Crippen LogP contribution in [0.1, 0.15) is 0 Å². The maximum atomic E-state index is 5.40. The van der Waals surface area contributed by atoms with Gasteiger partial charge < -0.3 is 10.1 Å². The van der Waals surface area contributed by atoms with Crippen molar-refractivity contribution in [1.29, 1.82) is 0 Å². The Hall–Kier alpha value is -0.120. The number of hydrogen-bond acceptors (Lipinski definition) is 3. The molecule has 0 amide bonds. The molecule has 2 N–H and O–H groups in total. The van der Waals surface area contributed by atoms with E-state index in [-0.39, 0.29) is 5.72 Å². The highest BCUT2D eigenvalue weighted by atomic mass is 16.5. The van der Waals surface area contributed by atoms with Crippen molar-refractivity contribution >= 4 is 0 Å². The maximum absolute atomic E-state index is 5.40. The quantitative estimate of drug-likeness (QED) is 0.419. The fraction of sp³-hybridized carbons (Fsp3) is 1.00. The van der Waals surface area contributed by atoms with Crippen LogP contribution in [0.5, 0.6) is 0 Å². The van der Waals surface area contributed by atoms with Gasteiger partial charge in [-0.2, -0.15) is 0 Å². The Morgan fingerprint density at radius 3 is 2.50 bits per heavy atom. The summed E-state index contributed by atoms with van der Waals surface area (Å²) in [5.41, 5.74) is 0.0556. The van der Waals surface area contributed by atoms with Crippen LogP contribution >= 0.6 is 0 Å². The van der Waals surface area contributed by atoms with E-state index in [2.05, 4.69) is 10.6 Å². The Labute approximate surface area is 48.4 Å². The molecule has 0 aliphatic carbocycles. The summed E-state index contributed by atoms with van der Waals surface area (Å²) in [4.78, 5) is 0. The highest BCUT2D eigenvalue weighted by Gasteiger charge is 2.40. The molecule has 2 rings (SSSR count). The Morgan fingerprint density at radius 2 is 2.25 bits per heavy atom. The lowest BCUT2D eigenvalue weighted by Gasteiger charge is -2.37. The molecule has 46 valence electrons. The van der Waals surface area contributed by atoms with Crippen molar-refractivity contribution in [2.24, 2.45) is 0 Å². The van der Waals surface area contributed by atoms with Gasteiger partial charge in [0, 0.05) is 19.6 Å². The zero-order valence-electron chi connectivity index (χ0n) is 4.74. The second kappa shape index (κ2) is 1.43. The number of rotatable bonds is 0. The molecule has 3 nitrogen and oxygen atoms in total. The van der Waals surface area contributed by atoms with E-state index in [1.807, 2.05) is 0 Å². The minimum Gasteiger partial charge on any atom is -0.357 e. The van der Waals surface area contributed by atoms with Gasteiger partial charge in [0.2, 0.25) is 0 Å². The lowest BCUT2D eigenvalue weighted by atomic mass is 10.1. The largest absolute Gasteiger partial charge is 0.357 e. The standard InChI is InChI=1S/C5H10N2O/c1-2-8-5(7-1)3-6-4-5/h6-7H,1-4H2. The molecule has 0 unspecified atom stereocenters. The first-order valence-electron chi connectivity index (χ1n) is 3.01. The van der Waals surface area contributed by atoms with Gasteiger partial charge >= 0.3 is 0 Å². The molecule has 2 aliphatic rings. The molecule has 0 aromatic carbocycles. The first-order chi connectivity index (χ1) is 3.91. The molecule has 3 heteroatoms. The van der Waals surface area contributed by atoms with E-state index in [1.165, 1.54) is 0 Å². The summed E-state index contributed by atoms with van der Waals surface area (Å²) in [6.45, 7) is 3.85. The summed E-state index contributed by atoms with van der Waals surface area (Å²) < 4.78 is 5.40. The monoisotopic (exact) mass is 114 g/mol. The van der Waals surface area contributed by atoms with E-state index in [4.69, 9.17) is 4.74 Å². The van der Waals surface area contributed by atoms with Crippen molar-refractivity contribution in [3.8, 4) is 0 Å². The van der Waals surface area contributed by atoms with Crippen LogP contribution in [0.2, 0.25) is 0 Å². The molecule has 1 spiro atoms. The van der Waals surface area contributed by atoms with Crippen LogP contribution in [-0.2, 0) is 4.74 Å². The van der Waals surface area contributed by atoms with Crippen LogP contribution in [-0.4, -0.2) is 32.0 Å². The van der Waals surface area contributed by atoms with Gasteiger partial charge in [-0.15, -0.1) is 0 Å². The summed E-state index contributed by atoms with van der Waals surface area (Å²) in [5, 5.41) is 6.44. The van der Waals surface area contributed by atoms with Gasteiger partial charge in [0.1, 0.15) is 5.72 Å². The molecule has 0 bridgehead atoms. The Balaban J connectivity index is 2.01. The third kappa shape index (κ3) is 0.491. The van der Waals surface area contributed by atoms with Crippen LogP contribution in [0.25, 0.3) is 0 Å². The van der Waals surface area contributed by atoms with E-state index in [0.717, 1.165) is 26.2 Å². The summed E-state index contributed by atoms with van der Waals surface area (Å²) in [7, 11) is 0. The van der Waals surface area contributed by atoms with Gasteiger partial charge in [-0.3, -0.25) is 5.32 Å². The van der Waals surface area contributed by atoms with E-state index < -0.39 is 0 Å². The van der Waals surface area contributed by atoms with Crippen molar-refractivity contribution in [3.63, 3.8) is 0 Å². The van der Waals surface area contributed by atoms with Crippen LogP contribution in [0.3, 0.4) is 0 Å². The lowest BCUT2D eigenvalue weighted by Crippen LogP contribution is -2.65. The first kappa shape index (κ1) is 4.73. The number of ether oxygens (including phenoxy) is 1. The Morgan fingerprint density at radius 1 is 1.38 bits per heavy atom. The number of nitrogens with one attached hydrogen (secondary N) is 2. The zero-order valence-corrected chi connectivity index (χ0v) is 4.74. The molecule has 0 radical (unpaired) electrons.